The third-order valence-corrected chi connectivity index (χ3v) is 2.04. The van der Waals surface area contributed by atoms with Crippen LogP contribution in [0.15, 0.2) is 0 Å². The third kappa shape index (κ3) is 5.40. The Balaban J connectivity index is 3.49. The zero-order valence-electron chi connectivity index (χ0n) is 7.24. The first-order chi connectivity index (χ1) is 5.52. The van der Waals surface area contributed by atoms with Gasteiger partial charge in [0.15, 0.2) is 0 Å². The summed E-state index contributed by atoms with van der Waals surface area (Å²) in [6, 6.07) is 0. The number of hydrogen-bond acceptors (Lipinski definition) is 5. The minimum Gasteiger partial charge on any atom is -0.469 e. The number of methoxy groups -OCH3 is 1. The highest BCUT2D eigenvalue weighted by Gasteiger charge is 2.20. The van der Waals surface area contributed by atoms with Crippen LogP contribution in [-0.4, -0.2) is 27.7 Å². The minimum atomic E-state index is -1.16. The second-order valence-electron chi connectivity index (χ2n) is 2.70. The average molecular weight is 194 g/mol. The van der Waals surface area contributed by atoms with Gasteiger partial charge in [-0.2, -0.15) is 0 Å². The fourth-order valence-corrected chi connectivity index (χ4v) is 0.944. The third-order valence-electron chi connectivity index (χ3n) is 1.45. The molecule has 0 bridgehead atoms. The predicted molar refractivity (Wildman–Crippen MR) is 46.7 cm³/mol. The highest BCUT2D eigenvalue weighted by atomic mass is 32.2. The monoisotopic (exact) mass is 194 g/mol. The van der Waals surface area contributed by atoms with Gasteiger partial charge in [0, 0.05) is 18.5 Å². The summed E-state index contributed by atoms with van der Waals surface area (Å²) >= 11 is 0.390. The molecule has 0 aromatic heterocycles. The fraction of sp³-hybridized carbons (Fsp3) is 0.857. The minimum absolute atomic E-state index is 0.271. The molecule has 1 unspecified atom stereocenters. The van der Waals surface area contributed by atoms with Crippen LogP contribution in [-0.2, 0) is 9.53 Å². The van der Waals surface area contributed by atoms with Crippen molar-refractivity contribution in [3.8, 4) is 0 Å². The van der Waals surface area contributed by atoms with Crippen molar-refractivity contribution in [2.24, 2.45) is 0 Å². The number of rotatable bonds is 5. The Morgan fingerprint density at radius 3 is 2.67 bits per heavy atom. The van der Waals surface area contributed by atoms with Gasteiger partial charge < -0.3 is 14.4 Å². The first-order valence-corrected chi connectivity index (χ1v) is 4.41. The number of carbonyl (C=O) groups excluding carboxylic acids is 1. The van der Waals surface area contributed by atoms with Crippen LogP contribution in [0.1, 0.15) is 26.2 Å². The lowest BCUT2D eigenvalue weighted by atomic mass is 10.2. The molecule has 0 aromatic carbocycles. The van der Waals surface area contributed by atoms with Crippen LogP contribution in [0.25, 0.3) is 0 Å². The lowest BCUT2D eigenvalue weighted by Crippen LogP contribution is -2.18. The molecular formula is C7H14O4S. The van der Waals surface area contributed by atoms with E-state index in [0.29, 0.717) is 24.9 Å². The van der Waals surface area contributed by atoms with Gasteiger partial charge in [0.2, 0.25) is 0 Å². The molecule has 0 rings (SSSR count). The molecule has 0 aliphatic heterocycles. The zero-order chi connectivity index (χ0) is 9.61. The van der Waals surface area contributed by atoms with Gasteiger partial charge in [0.05, 0.1) is 7.11 Å². The van der Waals surface area contributed by atoms with E-state index in [-0.39, 0.29) is 12.4 Å². The molecule has 5 heteroatoms. The van der Waals surface area contributed by atoms with Gasteiger partial charge >= 0.3 is 5.97 Å². The van der Waals surface area contributed by atoms with Gasteiger partial charge in [-0.15, -0.1) is 0 Å². The van der Waals surface area contributed by atoms with E-state index in [4.69, 9.17) is 4.55 Å². The van der Waals surface area contributed by atoms with E-state index in [1.165, 1.54) is 14.0 Å². The van der Waals surface area contributed by atoms with Crippen molar-refractivity contribution in [2.45, 2.75) is 31.1 Å². The summed E-state index contributed by atoms with van der Waals surface area (Å²) in [6.07, 6.45) is 1.14. The standard InChI is InChI=1S/C7H14O4S/c1-7(9,12-10)5-3-4-6(8)11-2/h9-10H,3-5H2,1-2H3. The maximum atomic E-state index is 10.6. The molecule has 0 aliphatic carbocycles. The first kappa shape index (κ1) is 11.7. The van der Waals surface area contributed by atoms with Crippen LogP contribution >= 0.6 is 12.0 Å². The van der Waals surface area contributed by atoms with Gasteiger partial charge in [0.1, 0.15) is 4.93 Å². The second-order valence-corrected chi connectivity index (χ2v) is 3.76. The Bertz CT molecular complexity index is 146. The van der Waals surface area contributed by atoms with Crippen molar-refractivity contribution in [1.29, 1.82) is 0 Å². The molecule has 0 saturated heterocycles. The molecule has 0 spiro atoms. The summed E-state index contributed by atoms with van der Waals surface area (Å²) in [5.74, 6) is -0.297. The highest BCUT2D eigenvalue weighted by molar-refractivity contribution is 7.94. The Kier molecular flexibility index (Phi) is 5.28. The Morgan fingerprint density at radius 2 is 2.25 bits per heavy atom. The number of esters is 1. The molecule has 0 saturated carbocycles. The molecule has 0 amide bonds. The van der Waals surface area contributed by atoms with Crippen molar-refractivity contribution < 1.29 is 19.2 Å². The first-order valence-electron chi connectivity index (χ1n) is 3.63. The van der Waals surface area contributed by atoms with E-state index in [9.17, 15) is 9.90 Å². The van der Waals surface area contributed by atoms with E-state index >= 15 is 0 Å². The maximum absolute atomic E-state index is 10.6. The highest BCUT2D eigenvalue weighted by Crippen LogP contribution is 2.24. The van der Waals surface area contributed by atoms with Gasteiger partial charge in [-0.1, -0.05) is 0 Å². The number of aliphatic hydroxyl groups is 1. The van der Waals surface area contributed by atoms with E-state index < -0.39 is 4.93 Å². The smallest absolute Gasteiger partial charge is 0.305 e. The number of ether oxygens (including phenoxy) is 1. The van der Waals surface area contributed by atoms with Crippen LogP contribution in [0.2, 0.25) is 0 Å². The normalized spacial score (nSPS) is 15.3. The largest absolute Gasteiger partial charge is 0.469 e. The van der Waals surface area contributed by atoms with Crippen molar-refractivity contribution in [3.05, 3.63) is 0 Å². The Morgan fingerprint density at radius 1 is 1.67 bits per heavy atom. The molecule has 1 atom stereocenters. The van der Waals surface area contributed by atoms with Crippen LogP contribution in [0.5, 0.6) is 0 Å². The average Bonchev–Trinajstić information content (AvgIpc) is 2.04. The molecule has 12 heavy (non-hydrogen) atoms. The van der Waals surface area contributed by atoms with E-state index in [0.717, 1.165) is 0 Å². The van der Waals surface area contributed by atoms with Crippen molar-refractivity contribution in [1.82, 2.24) is 0 Å². The fourth-order valence-electron chi connectivity index (χ4n) is 0.708. The SMILES string of the molecule is COC(=O)CCCC(C)(O)SO. The molecule has 4 nitrogen and oxygen atoms in total. The lowest BCUT2D eigenvalue weighted by Gasteiger charge is -2.17. The topological polar surface area (TPSA) is 66.8 Å². The summed E-state index contributed by atoms with van der Waals surface area (Å²) in [6.45, 7) is 1.49. The summed E-state index contributed by atoms with van der Waals surface area (Å²) in [5, 5.41) is 9.27. The number of carbonyl (C=O) groups is 1. The van der Waals surface area contributed by atoms with Crippen LogP contribution in [0, 0.1) is 0 Å². The van der Waals surface area contributed by atoms with E-state index in [1.807, 2.05) is 0 Å². The van der Waals surface area contributed by atoms with Crippen molar-refractivity contribution in [3.63, 3.8) is 0 Å². The molecule has 72 valence electrons. The molecule has 2 N–H and O–H groups in total. The van der Waals surface area contributed by atoms with Crippen LogP contribution in [0.4, 0.5) is 0 Å². The van der Waals surface area contributed by atoms with E-state index in [1.54, 1.807) is 0 Å². The molecule has 0 heterocycles. The van der Waals surface area contributed by atoms with E-state index in [2.05, 4.69) is 4.74 Å². The van der Waals surface area contributed by atoms with Gasteiger partial charge in [-0.05, 0) is 19.8 Å². The molecular weight excluding hydrogens is 180 g/mol. The Hall–Kier alpha value is -0.260. The molecule has 0 radical (unpaired) electrons. The molecule has 0 aromatic rings. The van der Waals surface area contributed by atoms with Crippen molar-refractivity contribution >= 4 is 18.0 Å². The quantitative estimate of drug-likeness (QED) is 0.391. The summed E-state index contributed by atoms with van der Waals surface area (Å²) in [5.41, 5.74) is 0. The molecule has 0 fully saturated rings. The van der Waals surface area contributed by atoms with Crippen molar-refractivity contribution in [2.75, 3.05) is 7.11 Å². The number of hydrogen-bond donors (Lipinski definition) is 2. The maximum Gasteiger partial charge on any atom is 0.305 e. The van der Waals surface area contributed by atoms with Gasteiger partial charge in [-0.25, -0.2) is 0 Å². The van der Waals surface area contributed by atoms with Gasteiger partial charge in [0.25, 0.3) is 0 Å². The molecule has 0 aliphatic rings. The van der Waals surface area contributed by atoms with Gasteiger partial charge in [-0.3, -0.25) is 4.79 Å². The summed E-state index contributed by atoms with van der Waals surface area (Å²) < 4.78 is 13.0. The van der Waals surface area contributed by atoms with Crippen LogP contribution in [0.3, 0.4) is 0 Å². The van der Waals surface area contributed by atoms with Crippen LogP contribution < -0.4 is 0 Å². The Labute approximate surface area is 76.1 Å². The zero-order valence-corrected chi connectivity index (χ0v) is 8.06. The second kappa shape index (κ2) is 5.40. The lowest BCUT2D eigenvalue weighted by molar-refractivity contribution is -0.140. The summed E-state index contributed by atoms with van der Waals surface area (Å²) in [4.78, 5) is 9.45. The predicted octanol–water partition coefficient (Wildman–Crippen LogP) is 1.24. The summed E-state index contributed by atoms with van der Waals surface area (Å²) in [7, 11) is 1.32.